The Kier molecular flexibility index (Phi) is 6.47. The lowest BCUT2D eigenvalue weighted by Crippen LogP contribution is -2.14. The maximum atomic E-state index is 11.9. The Morgan fingerprint density at radius 2 is 1.21 bits per heavy atom. The van der Waals surface area contributed by atoms with Gasteiger partial charge in [0.1, 0.15) is 0 Å². The summed E-state index contributed by atoms with van der Waals surface area (Å²) in [4.78, 5) is 23.8. The lowest BCUT2D eigenvalue weighted by molar-refractivity contribution is 0.0817. The molecule has 1 heterocycles. The van der Waals surface area contributed by atoms with Gasteiger partial charge in [0, 0.05) is 28.6 Å². The van der Waals surface area contributed by atoms with Crippen LogP contribution in [0.3, 0.4) is 0 Å². The van der Waals surface area contributed by atoms with Crippen LogP contribution in [0.4, 0.5) is 11.4 Å². The lowest BCUT2D eigenvalue weighted by Gasteiger charge is -2.02. The van der Waals surface area contributed by atoms with Crippen LogP contribution in [0.2, 0.25) is 0 Å². The molecule has 3 aromatic rings. The van der Waals surface area contributed by atoms with Crippen molar-refractivity contribution in [1.82, 2.24) is 15.4 Å². The monoisotopic (exact) mass is 401 g/mol. The molecule has 0 radical (unpaired) electrons. The van der Waals surface area contributed by atoms with Gasteiger partial charge in [-0.2, -0.15) is 8.42 Å². The van der Waals surface area contributed by atoms with Gasteiger partial charge in [0.15, 0.2) is 0 Å². The fraction of sp³-hybridized carbons (Fsp3) is 0. The summed E-state index contributed by atoms with van der Waals surface area (Å²) in [6.07, 6.45) is 1.12. The van der Waals surface area contributed by atoms with E-state index >= 15 is 0 Å². The average molecular weight is 401 g/mol. The molecule has 144 valence electrons. The molecule has 28 heavy (non-hydrogen) atoms. The molecule has 3 rings (SSSR count). The van der Waals surface area contributed by atoms with E-state index in [9.17, 15) is 18.0 Å². The molecule has 0 saturated heterocycles. The normalized spacial score (nSPS) is 10.5. The number of carbonyl (C=O) groups excluding carboxylic acids is 2. The fourth-order valence-electron chi connectivity index (χ4n) is 1.90. The van der Waals surface area contributed by atoms with Crippen molar-refractivity contribution in [1.29, 1.82) is 0 Å². The Morgan fingerprint density at radius 1 is 0.786 bits per heavy atom. The number of aromatic nitrogens is 3. The van der Waals surface area contributed by atoms with Crippen LogP contribution in [-0.2, 0) is 10.1 Å². The molecule has 0 unspecified atom stereocenters. The molecule has 0 aliphatic carbocycles. The van der Waals surface area contributed by atoms with Crippen molar-refractivity contribution >= 4 is 33.1 Å². The molecule has 0 fully saturated rings. The topological polar surface area (TPSA) is 179 Å². The zero-order valence-corrected chi connectivity index (χ0v) is 15.1. The summed E-state index contributed by atoms with van der Waals surface area (Å²) >= 11 is 0. The molecule has 1 aromatic heterocycles. The van der Waals surface area contributed by atoms with Gasteiger partial charge < -0.3 is 11.5 Å². The fourth-order valence-corrected chi connectivity index (χ4v) is 2.27. The Hall–Kier alpha value is -3.70. The number of nitrogen functional groups attached to an aromatic ring is 2. The van der Waals surface area contributed by atoms with Crippen LogP contribution < -0.4 is 11.5 Å². The molecule has 0 aliphatic rings. The molecule has 0 spiro atoms. The third kappa shape index (κ3) is 5.65. The van der Waals surface area contributed by atoms with Crippen LogP contribution in [0.25, 0.3) is 0 Å². The molecule has 0 aliphatic heterocycles. The van der Waals surface area contributed by atoms with Crippen LogP contribution in [0.1, 0.15) is 20.7 Å². The minimum atomic E-state index is -4.22. The highest BCUT2D eigenvalue weighted by atomic mass is 32.2. The number of ketones is 2. The van der Waals surface area contributed by atoms with Crippen LogP contribution >= 0.6 is 0 Å². The highest BCUT2D eigenvalue weighted by molar-refractivity contribution is 7.85. The number of hydrogen-bond donors (Lipinski definition) is 3. The SMILES string of the molecule is Nc1ccc(C(=O)C(=O)c2ccc(N)cc2)cc1.O=S(=O)(O)c1ccnnn1. The smallest absolute Gasteiger partial charge is 0.314 e. The summed E-state index contributed by atoms with van der Waals surface area (Å²) in [5.74, 6) is -1.11. The van der Waals surface area contributed by atoms with Gasteiger partial charge in [-0.15, -0.1) is 10.2 Å². The Bertz CT molecular complexity index is 1010. The van der Waals surface area contributed by atoms with Crippen molar-refractivity contribution in [3.63, 3.8) is 0 Å². The minimum Gasteiger partial charge on any atom is -0.399 e. The third-order valence-electron chi connectivity index (χ3n) is 3.29. The molecule has 0 bridgehead atoms. The summed E-state index contributed by atoms with van der Waals surface area (Å²) in [6.45, 7) is 0. The Morgan fingerprint density at radius 3 is 1.50 bits per heavy atom. The predicted molar refractivity (Wildman–Crippen MR) is 100 cm³/mol. The molecule has 2 aromatic carbocycles. The molecular weight excluding hydrogens is 386 g/mol. The van der Waals surface area contributed by atoms with E-state index in [-0.39, 0.29) is 0 Å². The number of rotatable bonds is 4. The van der Waals surface area contributed by atoms with Gasteiger partial charge in [-0.1, -0.05) is 0 Å². The van der Waals surface area contributed by atoms with Crippen molar-refractivity contribution in [2.24, 2.45) is 0 Å². The molecule has 5 N–H and O–H groups in total. The highest BCUT2D eigenvalue weighted by Crippen LogP contribution is 2.12. The van der Waals surface area contributed by atoms with Crippen LogP contribution in [0, 0.1) is 0 Å². The first kappa shape index (κ1) is 20.6. The highest BCUT2D eigenvalue weighted by Gasteiger charge is 2.17. The minimum absolute atomic E-state index is 0.325. The van der Waals surface area contributed by atoms with Crippen molar-refractivity contribution < 1.29 is 22.6 Å². The van der Waals surface area contributed by atoms with E-state index in [0.29, 0.717) is 22.5 Å². The summed E-state index contributed by atoms with van der Waals surface area (Å²) in [7, 11) is -4.22. The summed E-state index contributed by atoms with van der Waals surface area (Å²) in [6, 6.07) is 13.5. The number of nitrogens with two attached hydrogens (primary N) is 2. The molecular formula is C17H15N5O5S. The summed E-state index contributed by atoms with van der Waals surface area (Å²) < 4.78 is 28.8. The number of benzene rings is 2. The van der Waals surface area contributed by atoms with Crippen molar-refractivity contribution in [2.45, 2.75) is 5.03 Å². The molecule has 0 amide bonds. The molecule has 0 saturated carbocycles. The summed E-state index contributed by atoms with van der Waals surface area (Å²) in [5.41, 5.74) is 12.8. The first-order chi connectivity index (χ1) is 13.2. The van der Waals surface area contributed by atoms with E-state index < -0.39 is 26.7 Å². The zero-order valence-electron chi connectivity index (χ0n) is 14.3. The molecule has 10 nitrogen and oxygen atoms in total. The first-order valence-electron chi connectivity index (χ1n) is 7.60. The van der Waals surface area contributed by atoms with Gasteiger partial charge in [0.05, 0.1) is 6.20 Å². The first-order valence-corrected chi connectivity index (χ1v) is 9.04. The Balaban J connectivity index is 0.000000237. The van der Waals surface area contributed by atoms with E-state index in [1.165, 1.54) is 24.3 Å². The second kappa shape index (κ2) is 8.79. The lowest BCUT2D eigenvalue weighted by atomic mass is 10.0. The van der Waals surface area contributed by atoms with Gasteiger partial charge in [0.2, 0.25) is 16.6 Å². The second-order valence-electron chi connectivity index (χ2n) is 5.34. The maximum Gasteiger partial charge on any atom is 0.314 e. The number of Topliss-reactive ketones (excluding diaryl/α,β-unsaturated/α-hetero) is 2. The quantitative estimate of drug-likeness (QED) is 0.247. The Labute approximate surface area is 160 Å². The maximum absolute atomic E-state index is 11.9. The van der Waals surface area contributed by atoms with E-state index in [2.05, 4.69) is 15.4 Å². The van der Waals surface area contributed by atoms with Gasteiger partial charge in [0.25, 0.3) is 0 Å². The number of carbonyl (C=O) groups is 2. The van der Waals surface area contributed by atoms with E-state index in [4.69, 9.17) is 16.0 Å². The van der Waals surface area contributed by atoms with Crippen LogP contribution in [-0.4, -0.2) is 39.9 Å². The number of nitrogens with zero attached hydrogens (tertiary/aromatic N) is 3. The van der Waals surface area contributed by atoms with E-state index in [1.807, 2.05) is 0 Å². The van der Waals surface area contributed by atoms with E-state index in [0.717, 1.165) is 12.3 Å². The zero-order chi connectivity index (χ0) is 20.7. The molecule has 11 heteroatoms. The number of anilines is 2. The second-order valence-corrected chi connectivity index (χ2v) is 6.70. The van der Waals surface area contributed by atoms with Crippen LogP contribution in [0.15, 0.2) is 65.8 Å². The standard InChI is InChI=1S/C14H12N2O2.C3H3N3O3S/c15-11-5-1-9(2-6-11)13(17)14(18)10-3-7-12(16)8-4-10;7-10(8,9)3-1-2-4-6-5-3/h1-8H,15-16H2;1-2H,(H,7,8,9). The average Bonchev–Trinajstić information content (AvgIpc) is 2.69. The van der Waals surface area contributed by atoms with Crippen molar-refractivity contribution in [3.05, 3.63) is 71.9 Å². The predicted octanol–water partition coefficient (Wildman–Crippen LogP) is 1.03. The van der Waals surface area contributed by atoms with Gasteiger partial charge in [-0.3, -0.25) is 14.1 Å². The van der Waals surface area contributed by atoms with Crippen molar-refractivity contribution in [2.75, 3.05) is 11.5 Å². The van der Waals surface area contributed by atoms with Crippen LogP contribution in [0.5, 0.6) is 0 Å². The summed E-state index contributed by atoms with van der Waals surface area (Å²) in [5, 5.41) is 8.79. The van der Waals surface area contributed by atoms with Gasteiger partial charge >= 0.3 is 10.1 Å². The van der Waals surface area contributed by atoms with E-state index in [1.54, 1.807) is 24.3 Å². The van der Waals surface area contributed by atoms with Gasteiger partial charge in [-0.25, -0.2) is 0 Å². The largest absolute Gasteiger partial charge is 0.399 e. The molecule has 0 atom stereocenters. The number of hydrogen-bond acceptors (Lipinski definition) is 9. The van der Waals surface area contributed by atoms with Crippen molar-refractivity contribution in [3.8, 4) is 0 Å². The van der Waals surface area contributed by atoms with Gasteiger partial charge in [-0.05, 0) is 53.7 Å². The third-order valence-corrected chi connectivity index (χ3v) is 4.04.